The molecule has 2 amide bonds. The standard InChI is InChI=1S/C21H25ClN2O2S/c1-3-23-21(26)16(2)24(15-17-9-7-8-12-19(17)22)20(25)13-14-27-18-10-5-4-6-11-18/h4-12,16H,3,13-15H2,1-2H3,(H,23,26). The summed E-state index contributed by atoms with van der Waals surface area (Å²) in [6.45, 7) is 4.46. The van der Waals surface area contributed by atoms with Gasteiger partial charge in [-0.15, -0.1) is 11.8 Å². The number of nitrogens with zero attached hydrogens (tertiary/aromatic N) is 1. The molecule has 0 aliphatic carbocycles. The average molecular weight is 405 g/mol. The minimum Gasteiger partial charge on any atom is -0.355 e. The largest absolute Gasteiger partial charge is 0.355 e. The lowest BCUT2D eigenvalue weighted by Crippen LogP contribution is -2.47. The van der Waals surface area contributed by atoms with Crippen molar-refractivity contribution in [1.29, 1.82) is 0 Å². The van der Waals surface area contributed by atoms with Crippen molar-refractivity contribution in [1.82, 2.24) is 10.2 Å². The van der Waals surface area contributed by atoms with Gasteiger partial charge in [0, 0.05) is 35.2 Å². The van der Waals surface area contributed by atoms with Gasteiger partial charge >= 0.3 is 0 Å². The zero-order chi connectivity index (χ0) is 19.6. The Balaban J connectivity index is 2.06. The third-order valence-corrected chi connectivity index (χ3v) is 5.53. The van der Waals surface area contributed by atoms with Gasteiger partial charge < -0.3 is 10.2 Å². The van der Waals surface area contributed by atoms with Crippen LogP contribution in [0.1, 0.15) is 25.8 Å². The maximum absolute atomic E-state index is 12.9. The molecule has 0 heterocycles. The predicted molar refractivity (Wildman–Crippen MR) is 112 cm³/mol. The Kier molecular flexibility index (Phi) is 8.69. The van der Waals surface area contributed by atoms with E-state index in [2.05, 4.69) is 5.32 Å². The van der Waals surface area contributed by atoms with Gasteiger partial charge in [-0.3, -0.25) is 9.59 Å². The van der Waals surface area contributed by atoms with Crippen LogP contribution in [0.25, 0.3) is 0 Å². The number of thioether (sulfide) groups is 1. The highest BCUT2D eigenvalue weighted by Gasteiger charge is 2.26. The molecule has 0 aliphatic rings. The highest BCUT2D eigenvalue weighted by Crippen LogP contribution is 2.21. The van der Waals surface area contributed by atoms with E-state index in [-0.39, 0.29) is 11.8 Å². The van der Waals surface area contributed by atoms with Crippen LogP contribution >= 0.6 is 23.4 Å². The van der Waals surface area contributed by atoms with E-state index in [1.165, 1.54) is 0 Å². The zero-order valence-corrected chi connectivity index (χ0v) is 17.2. The van der Waals surface area contributed by atoms with E-state index in [0.29, 0.717) is 30.3 Å². The van der Waals surface area contributed by atoms with Gasteiger partial charge in [0.25, 0.3) is 0 Å². The Hall–Kier alpha value is -1.98. The number of halogens is 1. The Morgan fingerprint density at radius 1 is 1.11 bits per heavy atom. The molecule has 0 fully saturated rings. The normalized spacial score (nSPS) is 11.7. The summed E-state index contributed by atoms with van der Waals surface area (Å²) in [4.78, 5) is 27.9. The first-order valence-corrected chi connectivity index (χ1v) is 10.4. The van der Waals surface area contributed by atoms with Crippen molar-refractivity contribution in [3.63, 3.8) is 0 Å². The smallest absolute Gasteiger partial charge is 0.242 e. The minimum absolute atomic E-state index is 0.0582. The average Bonchev–Trinajstić information content (AvgIpc) is 2.67. The third kappa shape index (κ3) is 6.60. The molecule has 144 valence electrons. The molecule has 0 spiro atoms. The molecule has 1 N–H and O–H groups in total. The summed E-state index contributed by atoms with van der Waals surface area (Å²) < 4.78 is 0. The first-order valence-electron chi connectivity index (χ1n) is 9.01. The second kappa shape index (κ2) is 11.0. The molecule has 6 heteroatoms. The van der Waals surface area contributed by atoms with Crippen molar-refractivity contribution < 1.29 is 9.59 Å². The van der Waals surface area contributed by atoms with Gasteiger partial charge in [-0.1, -0.05) is 48.0 Å². The Bertz CT molecular complexity index is 755. The molecule has 1 atom stereocenters. The summed E-state index contributed by atoms with van der Waals surface area (Å²) >= 11 is 7.89. The van der Waals surface area contributed by atoms with E-state index in [9.17, 15) is 9.59 Å². The topological polar surface area (TPSA) is 49.4 Å². The third-order valence-electron chi connectivity index (χ3n) is 4.14. The number of carbonyl (C=O) groups excluding carboxylic acids is 2. The highest BCUT2D eigenvalue weighted by atomic mass is 35.5. The van der Waals surface area contributed by atoms with Crippen molar-refractivity contribution in [2.45, 2.75) is 37.8 Å². The lowest BCUT2D eigenvalue weighted by Gasteiger charge is -2.29. The summed E-state index contributed by atoms with van der Waals surface area (Å²) in [5.74, 6) is 0.440. The molecule has 1 unspecified atom stereocenters. The molecule has 0 aliphatic heterocycles. The quantitative estimate of drug-likeness (QED) is 0.631. The van der Waals surface area contributed by atoms with Gasteiger partial charge in [-0.2, -0.15) is 0 Å². The number of hydrogen-bond donors (Lipinski definition) is 1. The number of amides is 2. The Morgan fingerprint density at radius 2 is 1.78 bits per heavy atom. The van der Waals surface area contributed by atoms with Crippen molar-refractivity contribution in [3.8, 4) is 0 Å². The van der Waals surface area contributed by atoms with E-state index < -0.39 is 6.04 Å². The molecule has 2 rings (SSSR count). The van der Waals surface area contributed by atoms with Crippen LogP contribution < -0.4 is 5.32 Å². The molecule has 0 saturated heterocycles. The van der Waals surface area contributed by atoms with E-state index in [0.717, 1.165) is 10.5 Å². The predicted octanol–water partition coefficient (Wildman–Crippen LogP) is 4.38. The van der Waals surface area contributed by atoms with Crippen LogP contribution in [-0.2, 0) is 16.1 Å². The SMILES string of the molecule is CCNC(=O)C(C)N(Cc1ccccc1Cl)C(=O)CCSc1ccccc1. The molecular formula is C21H25ClN2O2S. The molecule has 2 aromatic rings. The minimum atomic E-state index is -0.560. The number of likely N-dealkylation sites (N-methyl/N-ethyl adjacent to an activating group) is 1. The van der Waals surface area contributed by atoms with Crippen LogP contribution in [0.4, 0.5) is 0 Å². The maximum Gasteiger partial charge on any atom is 0.242 e. The summed E-state index contributed by atoms with van der Waals surface area (Å²) in [5.41, 5.74) is 0.833. The molecule has 0 saturated carbocycles. The fourth-order valence-corrected chi connectivity index (χ4v) is 3.69. The van der Waals surface area contributed by atoms with Crippen LogP contribution in [0.3, 0.4) is 0 Å². The molecule has 2 aromatic carbocycles. The Labute approximate surface area is 170 Å². The number of benzene rings is 2. The lowest BCUT2D eigenvalue weighted by molar-refractivity contribution is -0.140. The van der Waals surface area contributed by atoms with Crippen LogP contribution in [0.5, 0.6) is 0 Å². The summed E-state index contributed by atoms with van der Waals surface area (Å²) in [5, 5.41) is 3.39. The fourth-order valence-electron chi connectivity index (χ4n) is 2.63. The van der Waals surface area contributed by atoms with Crippen molar-refractivity contribution in [3.05, 3.63) is 65.2 Å². The van der Waals surface area contributed by atoms with Gasteiger partial charge in [0.15, 0.2) is 0 Å². The van der Waals surface area contributed by atoms with Crippen LogP contribution in [0, 0.1) is 0 Å². The van der Waals surface area contributed by atoms with Crippen LogP contribution in [-0.4, -0.2) is 35.1 Å². The molecule has 4 nitrogen and oxygen atoms in total. The second-order valence-electron chi connectivity index (χ2n) is 6.10. The molecule has 0 bridgehead atoms. The summed E-state index contributed by atoms with van der Waals surface area (Å²) in [6.07, 6.45) is 0.355. The van der Waals surface area contributed by atoms with Gasteiger partial charge in [-0.25, -0.2) is 0 Å². The maximum atomic E-state index is 12.9. The van der Waals surface area contributed by atoms with Gasteiger partial charge in [0.05, 0.1) is 0 Å². The van der Waals surface area contributed by atoms with Crippen LogP contribution in [0.2, 0.25) is 5.02 Å². The molecule has 27 heavy (non-hydrogen) atoms. The number of nitrogens with one attached hydrogen (secondary N) is 1. The number of rotatable bonds is 9. The van der Waals surface area contributed by atoms with Crippen molar-refractivity contribution >= 4 is 35.2 Å². The fraction of sp³-hybridized carbons (Fsp3) is 0.333. The zero-order valence-electron chi connectivity index (χ0n) is 15.7. The van der Waals surface area contributed by atoms with Gasteiger partial charge in [0.2, 0.25) is 11.8 Å². The molecule has 0 aromatic heterocycles. The monoisotopic (exact) mass is 404 g/mol. The van der Waals surface area contributed by atoms with Crippen LogP contribution in [0.15, 0.2) is 59.5 Å². The Morgan fingerprint density at radius 3 is 2.44 bits per heavy atom. The second-order valence-corrected chi connectivity index (χ2v) is 7.67. The summed E-state index contributed by atoms with van der Waals surface area (Å²) in [7, 11) is 0. The lowest BCUT2D eigenvalue weighted by atomic mass is 10.1. The summed E-state index contributed by atoms with van der Waals surface area (Å²) in [6, 6.07) is 16.8. The molecular weight excluding hydrogens is 380 g/mol. The van der Waals surface area contributed by atoms with E-state index in [1.54, 1.807) is 29.7 Å². The van der Waals surface area contributed by atoms with E-state index in [4.69, 9.17) is 11.6 Å². The van der Waals surface area contributed by atoms with Crippen molar-refractivity contribution in [2.75, 3.05) is 12.3 Å². The van der Waals surface area contributed by atoms with E-state index >= 15 is 0 Å². The first-order chi connectivity index (χ1) is 13.0. The number of carbonyl (C=O) groups is 2. The molecule has 0 radical (unpaired) electrons. The first kappa shape index (κ1) is 21.3. The number of hydrogen-bond acceptors (Lipinski definition) is 3. The highest BCUT2D eigenvalue weighted by molar-refractivity contribution is 7.99. The van der Waals surface area contributed by atoms with Crippen molar-refractivity contribution in [2.24, 2.45) is 0 Å². The van der Waals surface area contributed by atoms with Gasteiger partial charge in [0.1, 0.15) is 6.04 Å². The van der Waals surface area contributed by atoms with E-state index in [1.807, 2.05) is 55.5 Å². The van der Waals surface area contributed by atoms with Gasteiger partial charge in [-0.05, 0) is 37.6 Å².